The number of benzene rings is 1. The first kappa shape index (κ1) is 21.6. The molecule has 27 heavy (non-hydrogen) atoms. The molecule has 0 radical (unpaired) electrons. The van der Waals surface area contributed by atoms with Crippen molar-refractivity contribution in [2.24, 2.45) is 5.92 Å². The van der Waals surface area contributed by atoms with Gasteiger partial charge in [-0.3, -0.25) is 14.5 Å². The molecule has 2 rings (SSSR count). The van der Waals surface area contributed by atoms with Gasteiger partial charge in [0, 0.05) is 24.4 Å². The molecule has 0 saturated carbocycles. The highest BCUT2D eigenvalue weighted by molar-refractivity contribution is 7.99. The standard InChI is InChI=1S/C19H27F2N3O2S/c1-2-6-17(25)22-11-14-7-5-10-24(12-14)13-18(26)23-15-8-3-4-9-16(15)27-19(20)21/h3-4,8-9,14,19H,2,5-7,10-13H2,1H3,(H,22,25)(H,23,26). The summed E-state index contributed by atoms with van der Waals surface area (Å²) in [5, 5.41) is 5.69. The second-order valence-electron chi connectivity index (χ2n) is 6.72. The van der Waals surface area contributed by atoms with Gasteiger partial charge in [0.1, 0.15) is 0 Å². The van der Waals surface area contributed by atoms with Gasteiger partial charge in [-0.1, -0.05) is 30.8 Å². The first-order chi connectivity index (χ1) is 13.0. The van der Waals surface area contributed by atoms with Crippen molar-refractivity contribution < 1.29 is 18.4 Å². The quantitative estimate of drug-likeness (QED) is 0.623. The predicted molar refractivity (Wildman–Crippen MR) is 104 cm³/mol. The monoisotopic (exact) mass is 399 g/mol. The third kappa shape index (κ3) is 7.84. The number of halogens is 2. The Kier molecular flexibility index (Phi) is 9.00. The number of amides is 2. The molecule has 2 N–H and O–H groups in total. The van der Waals surface area contributed by atoms with Crippen LogP contribution in [-0.4, -0.2) is 48.7 Å². The maximum atomic E-state index is 12.6. The summed E-state index contributed by atoms with van der Waals surface area (Å²) in [6, 6.07) is 6.58. The van der Waals surface area contributed by atoms with E-state index in [4.69, 9.17) is 0 Å². The fourth-order valence-electron chi connectivity index (χ4n) is 3.20. The maximum absolute atomic E-state index is 12.6. The van der Waals surface area contributed by atoms with Crippen LogP contribution in [0.4, 0.5) is 14.5 Å². The van der Waals surface area contributed by atoms with Crippen molar-refractivity contribution in [3.8, 4) is 0 Å². The fraction of sp³-hybridized carbons (Fsp3) is 0.579. The van der Waals surface area contributed by atoms with Gasteiger partial charge in [0.2, 0.25) is 11.8 Å². The summed E-state index contributed by atoms with van der Waals surface area (Å²) < 4.78 is 25.3. The smallest absolute Gasteiger partial charge is 0.288 e. The molecule has 1 unspecified atom stereocenters. The lowest BCUT2D eigenvalue weighted by Crippen LogP contribution is -2.43. The summed E-state index contributed by atoms with van der Waals surface area (Å²) in [5.41, 5.74) is 0.410. The SMILES string of the molecule is CCCC(=O)NCC1CCCN(CC(=O)Nc2ccccc2SC(F)F)C1. The average molecular weight is 400 g/mol. The van der Waals surface area contributed by atoms with Gasteiger partial charge in [0.25, 0.3) is 5.76 Å². The Morgan fingerprint density at radius 2 is 2.07 bits per heavy atom. The number of thioether (sulfide) groups is 1. The summed E-state index contributed by atoms with van der Waals surface area (Å²) in [5.74, 6) is -2.35. The number of anilines is 1. The van der Waals surface area contributed by atoms with E-state index in [2.05, 4.69) is 15.5 Å². The molecule has 1 atom stereocenters. The number of para-hydroxylation sites is 1. The minimum absolute atomic E-state index is 0.0699. The molecule has 1 aliphatic rings. The van der Waals surface area contributed by atoms with Crippen molar-refractivity contribution in [1.82, 2.24) is 10.2 Å². The maximum Gasteiger partial charge on any atom is 0.288 e. The van der Waals surface area contributed by atoms with Gasteiger partial charge in [-0.25, -0.2) is 0 Å². The van der Waals surface area contributed by atoms with E-state index in [9.17, 15) is 18.4 Å². The fourth-order valence-corrected chi connectivity index (χ4v) is 3.79. The minimum Gasteiger partial charge on any atom is -0.356 e. The Labute approximate surface area is 163 Å². The lowest BCUT2D eigenvalue weighted by atomic mass is 9.98. The topological polar surface area (TPSA) is 61.4 Å². The van der Waals surface area contributed by atoms with E-state index < -0.39 is 5.76 Å². The zero-order chi connectivity index (χ0) is 19.6. The second kappa shape index (κ2) is 11.2. The highest BCUT2D eigenvalue weighted by Gasteiger charge is 2.22. The number of carbonyl (C=O) groups is 2. The summed E-state index contributed by atoms with van der Waals surface area (Å²) in [6.45, 7) is 4.38. The van der Waals surface area contributed by atoms with Crippen LogP contribution >= 0.6 is 11.8 Å². The van der Waals surface area contributed by atoms with Crippen LogP contribution in [-0.2, 0) is 9.59 Å². The van der Waals surface area contributed by atoms with E-state index in [1.54, 1.807) is 24.3 Å². The Hall–Kier alpha value is -1.67. The largest absolute Gasteiger partial charge is 0.356 e. The van der Waals surface area contributed by atoms with Crippen LogP contribution in [0.2, 0.25) is 0 Å². The van der Waals surface area contributed by atoms with E-state index in [0.717, 1.165) is 32.4 Å². The molecule has 0 aliphatic carbocycles. The summed E-state index contributed by atoms with van der Waals surface area (Å²) in [4.78, 5) is 26.4. The lowest BCUT2D eigenvalue weighted by Gasteiger charge is -2.32. The first-order valence-corrected chi connectivity index (χ1v) is 10.2. The number of nitrogens with zero attached hydrogens (tertiary/aromatic N) is 1. The highest BCUT2D eigenvalue weighted by Crippen LogP contribution is 2.31. The number of carbonyl (C=O) groups excluding carboxylic acids is 2. The summed E-state index contributed by atoms with van der Waals surface area (Å²) in [6.07, 6.45) is 3.36. The van der Waals surface area contributed by atoms with Crippen molar-refractivity contribution in [2.45, 2.75) is 43.3 Å². The first-order valence-electron chi connectivity index (χ1n) is 9.30. The number of nitrogens with one attached hydrogen (secondary N) is 2. The zero-order valence-corrected chi connectivity index (χ0v) is 16.4. The van der Waals surface area contributed by atoms with Crippen molar-refractivity contribution in [3.63, 3.8) is 0 Å². The van der Waals surface area contributed by atoms with Gasteiger partial charge >= 0.3 is 0 Å². The van der Waals surface area contributed by atoms with E-state index in [-0.39, 0.29) is 18.4 Å². The third-order valence-corrected chi connectivity index (χ3v) is 5.20. The molecule has 0 spiro atoms. The number of hydrogen-bond acceptors (Lipinski definition) is 4. The van der Waals surface area contributed by atoms with Crippen LogP contribution in [0.15, 0.2) is 29.2 Å². The predicted octanol–water partition coefficient (Wildman–Crippen LogP) is 3.57. The molecule has 150 valence electrons. The third-order valence-electron chi connectivity index (χ3n) is 4.41. The van der Waals surface area contributed by atoms with Gasteiger partial charge < -0.3 is 10.6 Å². The normalized spacial score (nSPS) is 17.7. The molecule has 1 heterocycles. The minimum atomic E-state index is -2.53. The molecule has 1 aromatic rings. The summed E-state index contributed by atoms with van der Waals surface area (Å²) >= 11 is 0.425. The molecular weight excluding hydrogens is 372 g/mol. The number of piperidine rings is 1. The Morgan fingerprint density at radius 1 is 1.30 bits per heavy atom. The van der Waals surface area contributed by atoms with Crippen LogP contribution in [0.5, 0.6) is 0 Å². The van der Waals surface area contributed by atoms with Crippen molar-refractivity contribution in [2.75, 3.05) is 31.5 Å². The molecule has 8 heteroatoms. The highest BCUT2D eigenvalue weighted by atomic mass is 32.2. The Balaban J connectivity index is 1.82. The van der Waals surface area contributed by atoms with Crippen LogP contribution in [0.1, 0.15) is 32.6 Å². The van der Waals surface area contributed by atoms with Crippen LogP contribution in [0, 0.1) is 5.92 Å². The number of likely N-dealkylation sites (tertiary alicyclic amines) is 1. The van der Waals surface area contributed by atoms with E-state index in [1.807, 2.05) is 6.92 Å². The number of alkyl halides is 2. The van der Waals surface area contributed by atoms with E-state index in [1.165, 1.54) is 0 Å². The average Bonchev–Trinajstić information content (AvgIpc) is 2.62. The van der Waals surface area contributed by atoms with Crippen LogP contribution in [0.3, 0.4) is 0 Å². The Bertz CT molecular complexity index is 631. The van der Waals surface area contributed by atoms with Gasteiger partial charge in [0.15, 0.2) is 0 Å². The van der Waals surface area contributed by atoms with Gasteiger partial charge in [-0.05, 0) is 43.9 Å². The molecule has 0 aromatic heterocycles. The molecular formula is C19H27F2N3O2S. The van der Waals surface area contributed by atoms with Crippen LogP contribution < -0.4 is 10.6 Å². The molecule has 0 bridgehead atoms. The Morgan fingerprint density at radius 3 is 2.81 bits per heavy atom. The van der Waals surface area contributed by atoms with Gasteiger partial charge in [-0.15, -0.1) is 0 Å². The van der Waals surface area contributed by atoms with E-state index >= 15 is 0 Å². The molecule has 1 fully saturated rings. The van der Waals surface area contributed by atoms with Crippen LogP contribution in [0.25, 0.3) is 0 Å². The molecule has 2 amide bonds. The molecule has 1 aliphatic heterocycles. The van der Waals surface area contributed by atoms with Crippen molar-refractivity contribution in [1.29, 1.82) is 0 Å². The zero-order valence-electron chi connectivity index (χ0n) is 15.5. The van der Waals surface area contributed by atoms with Gasteiger partial charge in [0.05, 0.1) is 12.2 Å². The van der Waals surface area contributed by atoms with Crippen molar-refractivity contribution in [3.05, 3.63) is 24.3 Å². The second-order valence-corrected chi connectivity index (χ2v) is 7.75. The van der Waals surface area contributed by atoms with Crippen molar-refractivity contribution >= 4 is 29.3 Å². The van der Waals surface area contributed by atoms with E-state index in [0.29, 0.717) is 41.2 Å². The number of rotatable bonds is 9. The molecule has 1 saturated heterocycles. The number of hydrogen-bond donors (Lipinski definition) is 2. The summed E-state index contributed by atoms with van der Waals surface area (Å²) in [7, 11) is 0. The molecule has 1 aromatic carbocycles. The molecule has 5 nitrogen and oxygen atoms in total. The lowest BCUT2D eigenvalue weighted by molar-refractivity contribution is -0.121. The van der Waals surface area contributed by atoms with Gasteiger partial charge in [-0.2, -0.15) is 8.78 Å².